The molecule has 0 aliphatic rings. The highest BCUT2D eigenvalue weighted by Crippen LogP contribution is 1.94. The molecule has 0 saturated heterocycles. The van der Waals surface area contributed by atoms with Crippen molar-refractivity contribution in [3.8, 4) is 0 Å². The number of nitrogens with two attached hydrogens (primary N) is 1. The number of carboxylic acid groups (broad SMARTS) is 1. The Kier molecular flexibility index (Phi) is 5.38. The highest BCUT2D eigenvalue weighted by Gasteiger charge is 2.09. The van der Waals surface area contributed by atoms with E-state index in [-0.39, 0.29) is 0 Å². The molecule has 0 aromatic carbocycles. The van der Waals surface area contributed by atoms with Gasteiger partial charge in [-0.15, -0.1) is 0 Å². The normalized spacial score (nSPS) is 12.3. The predicted octanol–water partition coefficient (Wildman–Crippen LogP) is -0.242. The Morgan fingerprint density at radius 2 is 2.19 bits per heavy atom. The fourth-order valence-electron chi connectivity index (χ4n) is 1.19. The van der Waals surface area contributed by atoms with Crippen LogP contribution in [0.4, 0.5) is 0 Å². The summed E-state index contributed by atoms with van der Waals surface area (Å²) >= 11 is 0. The summed E-state index contributed by atoms with van der Waals surface area (Å²) in [5.41, 5.74) is 5.36. The number of aliphatic carboxylic acids is 1. The zero-order valence-electron chi connectivity index (χ0n) is 8.97. The molecule has 1 rings (SSSR count). The first-order valence-electron chi connectivity index (χ1n) is 5.15. The average Bonchev–Trinajstić information content (AvgIpc) is 2.29. The van der Waals surface area contributed by atoms with Crippen LogP contribution >= 0.6 is 0 Å². The molecule has 6 nitrogen and oxygen atoms in total. The molecule has 0 unspecified atom stereocenters. The standard InChI is InChI=1S/C10H16N4O2/c11-8(10(15)16)3-1-4-12-7-9-13-5-2-6-14-9/h2,5-6,8,12H,1,3-4,7,11H2,(H,15,16)/t8-/m0/s1. The lowest BCUT2D eigenvalue weighted by molar-refractivity contribution is -0.138. The summed E-state index contributed by atoms with van der Waals surface area (Å²) in [6.45, 7) is 1.29. The minimum Gasteiger partial charge on any atom is -0.480 e. The zero-order chi connectivity index (χ0) is 11.8. The zero-order valence-corrected chi connectivity index (χ0v) is 8.97. The molecule has 0 fully saturated rings. The highest BCUT2D eigenvalue weighted by molar-refractivity contribution is 5.72. The molecule has 0 aliphatic heterocycles. The molecule has 1 heterocycles. The monoisotopic (exact) mass is 224 g/mol. The summed E-state index contributed by atoms with van der Waals surface area (Å²) in [5.74, 6) is -0.226. The van der Waals surface area contributed by atoms with E-state index in [0.29, 0.717) is 19.5 Å². The van der Waals surface area contributed by atoms with E-state index in [4.69, 9.17) is 10.8 Å². The van der Waals surface area contributed by atoms with Gasteiger partial charge in [-0.25, -0.2) is 9.97 Å². The van der Waals surface area contributed by atoms with Crippen molar-refractivity contribution in [3.05, 3.63) is 24.3 Å². The topological polar surface area (TPSA) is 101 Å². The molecule has 1 aromatic rings. The van der Waals surface area contributed by atoms with Crippen LogP contribution in [0, 0.1) is 0 Å². The summed E-state index contributed by atoms with van der Waals surface area (Å²) in [6.07, 6.45) is 4.56. The summed E-state index contributed by atoms with van der Waals surface area (Å²) < 4.78 is 0. The third-order valence-corrected chi connectivity index (χ3v) is 2.09. The SMILES string of the molecule is N[C@@H](CCCNCc1ncccn1)C(=O)O. The third kappa shape index (κ3) is 4.81. The molecule has 16 heavy (non-hydrogen) atoms. The molecule has 0 aliphatic carbocycles. The molecule has 0 amide bonds. The van der Waals surface area contributed by atoms with E-state index in [1.165, 1.54) is 0 Å². The maximum absolute atomic E-state index is 10.4. The van der Waals surface area contributed by atoms with Crippen LogP contribution in [0.3, 0.4) is 0 Å². The molecule has 6 heteroatoms. The number of aromatic nitrogens is 2. The molecule has 88 valence electrons. The molecule has 4 N–H and O–H groups in total. The molecule has 1 aromatic heterocycles. The second-order valence-electron chi connectivity index (χ2n) is 3.43. The number of carbonyl (C=O) groups is 1. The average molecular weight is 224 g/mol. The van der Waals surface area contributed by atoms with Gasteiger partial charge in [-0.2, -0.15) is 0 Å². The van der Waals surface area contributed by atoms with Crippen molar-refractivity contribution < 1.29 is 9.90 Å². The van der Waals surface area contributed by atoms with Gasteiger partial charge in [-0.3, -0.25) is 4.79 Å². The van der Waals surface area contributed by atoms with E-state index < -0.39 is 12.0 Å². The number of nitrogens with one attached hydrogen (secondary N) is 1. The van der Waals surface area contributed by atoms with E-state index >= 15 is 0 Å². The highest BCUT2D eigenvalue weighted by atomic mass is 16.4. The number of carboxylic acids is 1. The van der Waals surface area contributed by atoms with E-state index in [9.17, 15) is 4.79 Å². The summed E-state index contributed by atoms with van der Waals surface area (Å²) in [4.78, 5) is 18.5. The van der Waals surface area contributed by atoms with Gasteiger partial charge in [0.2, 0.25) is 0 Å². The van der Waals surface area contributed by atoms with Crippen molar-refractivity contribution >= 4 is 5.97 Å². The van der Waals surface area contributed by atoms with Crippen LogP contribution in [0.5, 0.6) is 0 Å². The summed E-state index contributed by atoms with van der Waals surface area (Å²) in [7, 11) is 0. The van der Waals surface area contributed by atoms with Gasteiger partial charge in [0.1, 0.15) is 11.9 Å². The smallest absolute Gasteiger partial charge is 0.320 e. The van der Waals surface area contributed by atoms with Crippen molar-refractivity contribution in [1.29, 1.82) is 0 Å². The van der Waals surface area contributed by atoms with Crippen molar-refractivity contribution in [1.82, 2.24) is 15.3 Å². The number of hydrogen-bond acceptors (Lipinski definition) is 5. The maximum atomic E-state index is 10.4. The summed E-state index contributed by atoms with van der Waals surface area (Å²) in [6, 6.07) is 0.991. The Labute approximate surface area is 93.9 Å². The second-order valence-corrected chi connectivity index (χ2v) is 3.43. The van der Waals surface area contributed by atoms with Gasteiger partial charge >= 0.3 is 5.97 Å². The fourth-order valence-corrected chi connectivity index (χ4v) is 1.19. The van der Waals surface area contributed by atoms with E-state index in [1.54, 1.807) is 18.5 Å². The lowest BCUT2D eigenvalue weighted by Gasteiger charge is -2.06. The van der Waals surface area contributed by atoms with Crippen molar-refractivity contribution in [2.24, 2.45) is 5.73 Å². The van der Waals surface area contributed by atoms with Gasteiger partial charge in [0.05, 0.1) is 6.54 Å². The first-order valence-corrected chi connectivity index (χ1v) is 5.15. The quantitative estimate of drug-likeness (QED) is 0.552. The van der Waals surface area contributed by atoms with Crippen molar-refractivity contribution in [2.75, 3.05) is 6.54 Å². The summed E-state index contributed by atoms with van der Waals surface area (Å²) in [5, 5.41) is 11.7. The number of nitrogens with zero attached hydrogens (tertiary/aromatic N) is 2. The van der Waals surface area contributed by atoms with Crippen LogP contribution in [-0.2, 0) is 11.3 Å². The molecular formula is C10H16N4O2. The number of rotatable bonds is 7. The molecule has 0 radical (unpaired) electrons. The van der Waals surface area contributed by atoms with E-state index in [1.807, 2.05) is 0 Å². The van der Waals surface area contributed by atoms with Crippen molar-refractivity contribution in [3.63, 3.8) is 0 Å². The molecule has 1 atom stereocenters. The Morgan fingerprint density at radius 3 is 2.81 bits per heavy atom. The van der Waals surface area contributed by atoms with Crippen LogP contribution < -0.4 is 11.1 Å². The van der Waals surface area contributed by atoms with Gasteiger partial charge in [-0.1, -0.05) is 0 Å². The van der Waals surface area contributed by atoms with Gasteiger partial charge in [0, 0.05) is 12.4 Å². The van der Waals surface area contributed by atoms with Gasteiger partial charge in [0.25, 0.3) is 0 Å². The molecular weight excluding hydrogens is 208 g/mol. The number of hydrogen-bond donors (Lipinski definition) is 3. The lowest BCUT2D eigenvalue weighted by atomic mass is 10.2. The van der Waals surface area contributed by atoms with Gasteiger partial charge in [-0.05, 0) is 25.5 Å². The molecule has 0 spiro atoms. The lowest BCUT2D eigenvalue weighted by Crippen LogP contribution is -2.31. The molecule has 0 bridgehead atoms. The second kappa shape index (κ2) is 6.86. The van der Waals surface area contributed by atoms with Crippen molar-refractivity contribution in [2.45, 2.75) is 25.4 Å². The predicted molar refractivity (Wildman–Crippen MR) is 58.6 cm³/mol. The maximum Gasteiger partial charge on any atom is 0.320 e. The first-order chi connectivity index (χ1) is 7.70. The molecule has 0 saturated carbocycles. The minimum absolute atomic E-state index is 0.470. The van der Waals surface area contributed by atoms with Crippen LogP contribution in [-0.4, -0.2) is 33.6 Å². The van der Waals surface area contributed by atoms with E-state index in [0.717, 1.165) is 12.2 Å². The Hall–Kier alpha value is -1.53. The fraction of sp³-hybridized carbons (Fsp3) is 0.500. The van der Waals surface area contributed by atoms with Gasteiger partial charge < -0.3 is 16.2 Å². The largest absolute Gasteiger partial charge is 0.480 e. The van der Waals surface area contributed by atoms with Gasteiger partial charge in [0.15, 0.2) is 0 Å². The Bertz CT molecular complexity index is 318. The first kappa shape index (κ1) is 12.5. The third-order valence-electron chi connectivity index (χ3n) is 2.09. The van der Waals surface area contributed by atoms with Crippen LogP contribution in [0.15, 0.2) is 18.5 Å². The Balaban J connectivity index is 2.07. The Morgan fingerprint density at radius 1 is 1.50 bits per heavy atom. The van der Waals surface area contributed by atoms with Crippen LogP contribution in [0.1, 0.15) is 18.7 Å². The van der Waals surface area contributed by atoms with Crippen LogP contribution in [0.2, 0.25) is 0 Å². The minimum atomic E-state index is -0.952. The van der Waals surface area contributed by atoms with Crippen LogP contribution in [0.25, 0.3) is 0 Å². The van der Waals surface area contributed by atoms with E-state index in [2.05, 4.69) is 15.3 Å².